The van der Waals surface area contributed by atoms with Gasteiger partial charge in [0.2, 0.25) is 11.8 Å². The number of nitrogens with one attached hydrogen (secondary N) is 1. The van der Waals surface area contributed by atoms with Crippen molar-refractivity contribution in [1.29, 1.82) is 0 Å². The van der Waals surface area contributed by atoms with Crippen molar-refractivity contribution in [3.8, 4) is 5.75 Å². The topological polar surface area (TPSA) is 96.0 Å². The van der Waals surface area contributed by atoms with Gasteiger partial charge in [-0.2, -0.15) is 0 Å². The molecule has 8 nitrogen and oxygen atoms in total. The third kappa shape index (κ3) is 7.74. The average molecular weight is 572 g/mol. The van der Waals surface area contributed by atoms with Crippen LogP contribution in [0, 0.1) is 0 Å². The van der Waals surface area contributed by atoms with Crippen molar-refractivity contribution in [2.24, 2.45) is 0 Å². The lowest BCUT2D eigenvalue weighted by molar-refractivity contribution is -0.140. The molecule has 2 amide bonds. The van der Waals surface area contributed by atoms with E-state index in [9.17, 15) is 18.0 Å². The van der Waals surface area contributed by atoms with E-state index >= 15 is 0 Å². The first-order valence-corrected chi connectivity index (χ1v) is 14.6. The molecule has 0 fully saturated rings. The number of methoxy groups -OCH3 is 1. The summed E-state index contributed by atoms with van der Waals surface area (Å²) < 4.78 is 33.8. The van der Waals surface area contributed by atoms with E-state index in [1.54, 1.807) is 49.6 Å². The van der Waals surface area contributed by atoms with Gasteiger partial charge in [0.05, 0.1) is 17.7 Å². The van der Waals surface area contributed by atoms with Crippen LogP contribution >= 0.6 is 11.6 Å². The van der Waals surface area contributed by atoms with Crippen LogP contribution in [0.25, 0.3) is 0 Å². The Hall–Kier alpha value is -3.56. The Bertz CT molecular complexity index is 1330. The molecule has 0 aliphatic carbocycles. The highest BCUT2D eigenvalue weighted by molar-refractivity contribution is 7.92. The zero-order valence-corrected chi connectivity index (χ0v) is 23.9. The Morgan fingerprint density at radius 1 is 0.949 bits per heavy atom. The van der Waals surface area contributed by atoms with E-state index in [1.807, 2.05) is 26.0 Å². The summed E-state index contributed by atoms with van der Waals surface area (Å²) in [4.78, 5) is 28.5. The first-order valence-electron chi connectivity index (χ1n) is 12.7. The van der Waals surface area contributed by atoms with Crippen LogP contribution in [-0.2, 0) is 26.2 Å². The van der Waals surface area contributed by atoms with Gasteiger partial charge in [-0.3, -0.25) is 13.9 Å². The molecule has 39 heavy (non-hydrogen) atoms. The standard InChI is InChI=1S/C29H34ClN3O5S/c1-4-19-31-29(35)27(5-2)32(20-22-11-15-25(38-3)16-12-22)28(34)21-33(24-9-7-6-8-10-24)39(36,37)26-17-13-23(30)14-18-26/h6-18,27H,4-5,19-21H2,1-3H3,(H,31,35)/t27-/m1/s1. The fourth-order valence-corrected chi connectivity index (χ4v) is 5.61. The fourth-order valence-electron chi connectivity index (χ4n) is 4.07. The number of benzene rings is 3. The average Bonchev–Trinajstić information content (AvgIpc) is 2.95. The predicted octanol–water partition coefficient (Wildman–Crippen LogP) is 4.88. The number of ether oxygens (including phenoxy) is 1. The summed E-state index contributed by atoms with van der Waals surface area (Å²) >= 11 is 5.98. The summed E-state index contributed by atoms with van der Waals surface area (Å²) in [6, 6.07) is 20.6. The number of para-hydroxylation sites is 1. The second kappa shape index (κ2) is 14.0. The van der Waals surface area contributed by atoms with Gasteiger partial charge in [-0.25, -0.2) is 8.42 Å². The Morgan fingerprint density at radius 3 is 2.15 bits per heavy atom. The first kappa shape index (κ1) is 30.0. The molecule has 0 saturated heterocycles. The maximum atomic E-state index is 14.0. The van der Waals surface area contributed by atoms with Gasteiger partial charge in [-0.15, -0.1) is 0 Å². The molecule has 1 N–H and O–H groups in total. The summed E-state index contributed by atoms with van der Waals surface area (Å²) in [7, 11) is -2.57. The van der Waals surface area contributed by atoms with Crippen molar-refractivity contribution in [2.45, 2.75) is 44.2 Å². The summed E-state index contributed by atoms with van der Waals surface area (Å²) in [5.74, 6) is -0.132. The van der Waals surface area contributed by atoms with E-state index in [0.717, 1.165) is 16.3 Å². The number of sulfonamides is 1. The molecule has 1 atom stereocenters. The van der Waals surface area contributed by atoms with Crippen LogP contribution in [0.1, 0.15) is 32.3 Å². The van der Waals surface area contributed by atoms with Gasteiger partial charge in [0, 0.05) is 18.1 Å². The second-order valence-corrected chi connectivity index (χ2v) is 11.2. The molecule has 0 aliphatic rings. The monoisotopic (exact) mass is 571 g/mol. The van der Waals surface area contributed by atoms with Gasteiger partial charge in [0.1, 0.15) is 18.3 Å². The number of carbonyl (C=O) groups excluding carboxylic acids is 2. The summed E-state index contributed by atoms with van der Waals surface area (Å²) in [5, 5.41) is 3.27. The Balaban J connectivity index is 2.01. The number of hydrogen-bond acceptors (Lipinski definition) is 5. The smallest absolute Gasteiger partial charge is 0.264 e. The molecule has 0 radical (unpaired) electrons. The lowest BCUT2D eigenvalue weighted by Gasteiger charge is -2.33. The second-order valence-electron chi connectivity index (χ2n) is 8.89. The molecular weight excluding hydrogens is 538 g/mol. The molecule has 3 aromatic carbocycles. The van der Waals surface area contributed by atoms with Crippen molar-refractivity contribution >= 4 is 39.1 Å². The van der Waals surface area contributed by atoms with Crippen LogP contribution in [0.4, 0.5) is 5.69 Å². The van der Waals surface area contributed by atoms with Crippen molar-refractivity contribution in [3.63, 3.8) is 0 Å². The molecule has 0 aliphatic heterocycles. The van der Waals surface area contributed by atoms with E-state index in [1.165, 1.54) is 29.2 Å². The molecule has 0 bridgehead atoms. The van der Waals surface area contributed by atoms with Gasteiger partial charge in [-0.1, -0.05) is 55.8 Å². The summed E-state index contributed by atoms with van der Waals surface area (Å²) in [6.45, 7) is 3.86. The minimum absolute atomic E-state index is 0.00186. The zero-order valence-electron chi connectivity index (χ0n) is 22.3. The molecule has 0 aromatic heterocycles. The molecule has 0 heterocycles. The SMILES string of the molecule is CCCNC(=O)[C@@H](CC)N(Cc1ccc(OC)cc1)C(=O)CN(c1ccccc1)S(=O)(=O)c1ccc(Cl)cc1. The van der Waals surface area contributed by atoms with Gasteiger partial charge < -0.3 is 15.0 Å². The number of nitrogens with zero attached hydrogens (tertiary/aromatic N) is 2. The minimum Gasteiger partial charge on any atom is -0.497 e. The number of rotatable bonds is 13. The van der Waals surface area contributed by atoms with E-state index in [2.05, 4.69) is 5.32 Å². The number of amides is 2. The molecule has 3 aromatic rings. The highest BCUT2D eigenvalue weighted by Gasteiger charge is 2.33. The van der Waals surface area contributed by atoms with Gasteiger partial charge in [0.15, 0.2) is 0 Å². The van der Waals surface area contributed by atoms with Crippen LogP contribution in [0.15, 0.2) is 83.8 Å². The maximum Gasteiger partial charge on any atom is 0.264 e. The van der Waals surface area contributed by atoms with Crippen LogP contribution in [0.5, 0.6) is 5.75 Å². The van der Waals surface area contributed by atoms with E-state index in [-0.39, 0.29) is 17.3 Å². The largest absolute Gasteiger partial charge is 0.497 e. The van der Waals surface area contributed by atoms with Crippen LogP contribution in [0.3, 0.4) is 0 Å². The minimum atomic E-state index is -4.14. The van der Waals surface area contributed by atoms with Crippen LogP contribution < -0.4 is 14.4 Å². The summed E-state index contributed by atoms with van der Waals surface area (Å²) in [6.07, 6.45) is 1.10. The highest BCUT2D eigenvalue weighted by atomic mass is 35.5. The number of hydrogen-bond donors (Lipinski definition) is 1. The van der Waals surface area contributed by atoms with Crippen molar-refractivity contribution in [2.75, 3.05) is 24.5 Å². The Kier molecular flexibility index (Phi) is 10.8. The molecule has 0 spiro atoms. The van der Waals surface area contributed by atoms with Crippen molar-refractivity contribution in [1.82, 2.24) is 10.2 Å². The van der Waals surface area contributed by atoms with E-state index < -0.39 is 28.5 Å². The predicted molar refractivity (Wildman–Crippen MR) is 153 cm³/mol. The van der Waals surface area contributed by atoms with Crippen molar-refractivity contribution in [3.05, 3.63) is 89.4 Å². The highest BCUT2D eigenvalue weighted by Crippen LogP contribution is 2.26. The zero-order chi connectivity index (χ0) is 28.4. The Labute approximate surface area is 235 Å². The fraction of sp³-hybridized carbons (Fsp3) is 0.310. The molecular formula is C29H34ClN3O5S. The molecule has 0 saturated carbocycles. The normalized spacial score (nSPS) is 11.9. The third-order valence-electron chi connectivity index (χ3n) is 6.17. The van der Waals surface area contributed by atoms with E-state index in [0.29, 0.717) is 29.4 Å². The molecule has 3 rings (SSSR count). The number of carbonyl (C=O) groups is 2. The first-order chi connectivity index (χ1) is 18.7. The van der Waals surface area contributed by atoms with Gasteiger partial charge in [0.25, 0.3) is 10.0 Å². The van der Waals surface area contributed by atoms with Crippen LogP contribution in [0.2, 0.25) is 5.02 Å². The maximum absolute atomic E-state index is 14.0. The quantitative estimate of drug-likeness (QED) is 0.315. The number of halogens is 1. The molecule has 10 heteroatoms. The summed E-state index contributed by atoms with van der Waals surface area (Å²) in [5.41, 5.74) is 1.10. The van der Waals surface area contributed by atoms with Crippen molar-refractivity contribution < 1.29 is 22.7 Å². The third-order valence-corrected chi connectivity index (χ3v) is 8.21. The molecule has 208 valence electrons. The number of anilines is 1. The van der Waals surface area contributed by atoms with Crippen LogP contribution in [-0.4, -0.2) is 51.4 Å². The van der Waals surface area contributed by atoms with E-state index in [4.69, 9.17) is 16.3 Å². The lowest BCUT2D eigenvalue weighted by atomic mass is 10.1. The van der Waals surface area contributed by atoms with Gasteiger partial charge >= 0.3 is 0 Å². The van der Waals surface area contributed by atoms with Gasteiger partial charge in [-0.05, 0) is 66.9 Å². The molecule has 0 unspecified atom stereocenters. The lowest BCUT2D eigenvalue weighted by Crippen LogP contribution is -2.52. The Morgan fingerprint density at radius 2 is 1.59 bits per heavy atom.